The zero-order valence-corrected chi connectivity index (χ0v) is 49.6. The van der Waals surface area contributed by atoms with Crippen LogP contribution in [0.4, 0.5) is 16.2 Å². The fraction of sp³-hybridized carbons (Fsp3) is 0.240. The lowest BCUT2D eigenvalue weighted by atomic mass is 10.1. The van der Waals surface area contributed by atoms with Gasteiger partial charge in [0.1, 0.15) is 12.1 Å². The quantitative estimate of drug-likeness (QED) is 0.0446. The molecule has 0 saturated heterocycles. The first-order valence-corrected chi connectivity index (χ1v) is 26.4. The number of hydrogen-bond donors (Lipinski definition) is 4. The number of nitrogens with two attached hydrogens (primary N) is 1. The molecule has 0 aliphatic heterocycles. The highest BCUT2D eigenvalue weighted by Gasteiger charge is 2.21. The monoisotopic (exact) mass is 1300 g/mol. The van der Waals surface area contributed by atoms with Crippen LogP contribution in [0.5, 0.6) is 34.9 Å². The zero-order valence-electron chi connectivity index (χ0n) is 42.8. The third-order valence-electron chi connectivity index (χ3n) is 10.0. The number of H-pyrrole nitrogens is 1. The Bertz CT molecular complexity index is 3690. The number of halogens is 9. The summed E-state index contributed by atoms with van der Waals surface area (Å²) in [5.41, 5.74) is 8.36. The van der Waals surface area contributed by atoms with Crippen LogP contribution in [0.2, 0.25) is 45.6 Å². The van der Waals surface area contributed by atoms with Gasteiger partial charge in [-0.2, -0.15) is 20.3 Å². The first kappa shape index (κ1) is 67.2. The maximum atomic E-state index is 12.0. The van der Waals surface area contributed by atoms with Gasteiger partial charge in [0.15, 0.2) is 32.7 Å². The number of nitriles is 2. The predicted molar refractivity (Wildman–Crippen MR) is 315 cm³/mol. The number of nitrogens with one attached hydrogen (secondary N) is 3. The van der Waals surface area contributed by atoms with E-state index in [9.17, 15) is 19.2 Å². The molecule has 7 rings (SSSR count). The molecule has 0 aliphatic rings. The van der Waals surface area contributed by atoms with Gasteiger partial charge in [0.05, 0.1) is 48.1 Å². The van der Waals surface area contributed by atoms with Crippen LogP contribution < -0.4 is 41.9 Å². The summed E-state index contributed by atoms with van der Waals surface area (Å²) >= 11 is 55.2. The number of nitrogens with zero attached hydrogens (tertiary/aromatic N) is 11. The Hall–Kier alpha value is -7.29. The Labute approximate surface area is 512 Å². The van der Waals surface area contributed by atoms with Gasteiger partial charge in [0.2, 0.25) is 29.0 Å². The highest BCUT2D eigenvalue weighted by Crippen LogP contribution is 2.41. The Morgan fingerprint density at radius 1 is 0.646 bits per heavy atom. The standard InChI is InChI=1S/C19H17Cl3N6O4.C17H11Cl3N6O3.C13H12Cl3N3O.CH4/c1-4-31-19(30)24-18(29)14(8-23)26-25-10-5-12(20)16(13(21)6-10)32-15-7-11(9(2)3)17(22)28-27-15;1-7(2)9-5-13(23-24-15(9)20)29-14-10(18)3-8(4-11(14)19)26-17(28)22-16(27)12(6-21)25-26;1-6(2)8-5-11(18-19-13(8)16)20-12-9(14)3-7(17)4-10(12)15;/h5-7,9,25H,4H2,1-3H3,(H,24,29,30);3-5,7H,1-2H3,(H,22,27,28);3-6H,17H2,1-2H3;1H4/b26-14+;;;. The minimum absolute atomic E-state index is 0. The molecule has 0 unspecified atom stereocenters. The minimum atomic E-state index is -1.04. The van der Waals surface area contributed by atoms with E-state index in [1.807, 2.05) is 51.8 Å². The van der Waals surface area contributed by atoms with E-state index in [4.69, 9.17) is 135 Å². The lowest BCUT2D eigenvalue weighted by molar-refractivity contribution is -0.114. The van der Waals surface area contributed by atoms with Crippen molar-refractivity contribution in [3.8, 4) is 52.7 Å². The van der Waals surface area contributed by atoms with Crippen molar-refractivity contribution in [3.63, 3.8) is 0 Å². The van der Waals surface area contributed by atoms with E-state index in [1.165, 1.54) is 24.3 Å². The number of alkyl carbamates (subject to hydrolysis) is 1. The average Bonchev–Trinajstić information content (AvgIpc) is 3.57. The molecule has 5 N–H and O–H groups in total. The van der Waals surface area contributed by atoms with Gasteiger partial charge >= 0.3 is 11.8 Å². The van der Waals surface area contributed by atoms with Crippen molar-refractivity contribution in [1.29, 1.82) is 10.5 Å². The second-order valence-corrected chi connectivity index (χ2v) is 20.4. The van der Waals surface area contributed by atoms with Gasteiger partial charge in [-0.1, -0.05) is 153 Å². The van der Waals surface area contributed by atoms with Gasteiger partial charge in [-0.15, -0.1) is 35.7 Å². The van der Waals surface area contributed by atoms with Gasteiger partial charge in [0.25, 0.3) is 11.5 Å². The van der Waals surface area contributed by atoms with E-state index in [0.717, 1.165) is 21.4 Å². The van der Waals surface area contributed by atoms with Crippen molar-refractivity contribution in [2.75, 3.05) is 17.8 Å². The van der Waals surface area contributed by atoms with Crippen molar-refractivity contribution < 1.29 is 28.5 Å². The molecule has 0 atom stereocenters. The van der Waals surface area contributed by atoms with Gasteiger partial charge in [-0.3, -0.25) is 25.3 Å². The average molecular weight is 1300 g/mol. The number of imide groups is 1. The smallest absolute Gasteiger partial charge is 0.414 e. The van der Waals surface area contributed by atoms with Gasteiger partial charge in [-0.25, -0.2) is 9.59 Å². The lowest BCUT2D eigenvalue weighted by Crippen LogP contribution is -2.36. The number of aromatic amines is 1. The van der Waals surface area contributed by atoms with E-state index in [2.05, 4.69) is 51.0 Å². The summed E-state index contributed by atoms with van der Waals surface area (Å²) < 4.78 is 22.3. The highest BCUT2D eigenvalue weighted by atomic mass is 35.5. The Kier molecular flexibility index (Phi) is 25.1. The zero-order chi connectivity index (χ0) is 60.0. The van der Waals surface area contributed by atoms with Crippen molar-refractivity contribution in [2.45, 2.75) is 73.6 Å². The van der Waals surface area contributed by atoms with Crippen molar-refractivity contribution in [1.82, 2.24) is 50.7 Å². The maximum absolute atomic E-state index is 12.0. The second-order valence-electron chi connectivity index (χ2n) is 16.9. The van der Waals surface area contributed by atoms with E-state index in [1.54, 1.807) is 49.4 Å². The van der Waals surface area contributed by atoms with Crippen LogP contribution in [0.1, 0.15) is 96.0 Å². The van der Waals surface area contributed by atoms with Crippen LogP contribution in [0.15, 0.2) is 69.3 Å². The lowest BCUT2D eigenvalue weighted by Gasteiger charge is -2.13. The number of aromatic nitrogens is 9. The van der Waals surface area contributed by atoms with Gasteiger partial charge in [-0.05, 0) is 77.8 Å². The molecular formula is C50H44Cl9N15O8. The molecule has 0 radical (unpaired) electrons. The molecule has 0 spiro atoms. The van der Waals surface area contributed by atoms with E-state index in [-0.39, 0.29) is 108 Å². The summed E-state index contributed by atoms with van der Waals surface area (Å²) in [7, 11) is 0. The molecule has 82 heavy (non-hydrogen) atoms. The number of carbonyl (C=O) groups excluding carboxylic acids is 2. The Morgan fingerprint density at radius 3 is 1.40 bits per heavy atom. The first-order chi connectivity index (χ1) is 38.2. The second kappa shape index (κ2) is 30.7. The number of benzene rings is 3. The molecule has 430 valence electrons. The summed E-state index contributed by atoms with van der Waals surface area (Å²) in [5, 5.41) is 52.1. The molecular weight excluding hydrogens is 1260 g/mol. The summed E-state index contributed by atoms with van der Waals surface area (Å²) in [6.45, 7) is 13.4. The molecule has 0 aliphatic carbocycles. The summed E-state index contributed by atoms with van der Waals surface area (Å²) in [6, 6.07) is 16.7. The summed E-state index contributed by atoms with van der Waals surface area (Å²) in [6.07, 6.45) is -1.00. The topological polar surface area (TPSA) is 326 Å². The molecule has 0 fully saturated rings. The Balaban J connectivity index is 0.000000269. The van der Waals surface area contributed by atoms with Crippen molar-refractivity contribution in [3.05, 3.63) is 143 Å². The summed E-state index contributed by atoms with van der Waals surface area (Å²) in [4.78, 5) is 48.7. The minimum Gasteiger partial charge on any atom is -0.450 e. The predicted octanol–water partition coefficient (Wildman–Crippen LogP) is 13.9. The van der Waals surface area contributed by atoms with Gasteiger partial charge < -0.3 is 24.7 Å². The fourth-order valence-electron chi connectivity index (χ4n) is 6.17. The third-order valence-corrected chi connectivity index (χ3v) is 12.6. The fourth-order valence-corrected chi connectivity index (χ4v) is 8.80. The molecule has 4 aromatic heterocycles. The number of amides is 2. The molecule has 23 nitrogen and oxygen atoms in total. The SMILES string of the molecule is C.CC(C)c1cc(Oc2c(Cl)cc(-n3nc(C#N)c(=O)[nH]c3=O)cc2Cl)nnc1Cl.CC(C)c1cc(Oc2c(Cl)cc(N)cc2Cl)nnc1Cl.CCOC(=O)NC(=O)/C(C#N)=N/Nc1cc(Cl)c(Oc2cc(C(C)C)c(Cl)nn2)c(Cl)c1. The molecule has 0 bridgehead atoms. The van der Waals surface area contributed by atoms with E-state index >= 15 is 0 Å². The van der Waals surface area contributed by atoms with Crippen molar-refractivity contribution in [2.24, 2.45) is 5.10 Å². The van der Waals surface area contributed by atoms with Crippen LogP contribution in [0, 0.1) is 22.7 Å². The number of rotatable bonds is 14. The molecule has 2 amide bonds. The number of hydrazone groups is 1. The van der Waals surface area contributed by atoms with Crippen LogP contribution in [-0.4, -0.2) is 69.7 Å². The van der Waals surface area contributed by atoms with Gasteiger partial charge in [0, 0.05) is 23.9 Å². The third kappa shape index (κ3) is 18.1. The number of anilines is 2. The molecule has 32 heteroatoms. The van der Waals surface area contributed by atoms with Crippen molar-refractivity contribution >= 4 is 133 Å². The molecule has 7 aromatic rings. The van der Waals surface area contributed by atoms with Crippen LogP contribution >= 0.6 is 104 Å². The first-order valence-electron chi connectivity index (χ1n) is 23.0. The largest absolute Gasteiger partial charge is 0.450 e. The number of hydrogen-bond acceptors (Lipinski definition) is 20. The van der Waals surface area contributed by atoms with Crippen LogP contribution in [0.3, 0.4) is 0 Å². The number of ether oxygens (including phenoxy) is 4. The normalized spacial score (nSPS) is 10.8. The van der Waals surface area contributed by atoms with Crippen LogP contribution in [-0.2, 0) is 9.53 Å². The molecule has 4 heterocycles. The number of nitrogen functional groups attached to an aromatic ring is 1. The van der Waals surface area contributed by atoms with E-state index < -0.39 is 34.7 Å². The number of carbonyl (C=O) groups is 2. The van der Waals surface area contributed by atoms with E-state index in [0.29, 0.717) is 20.9 Å². The maximum Gasteiger partial charge on any atom is 0.414 e. The highest BCUT2D eigenvalue weighted by molar-refractivity contribution is 6.47. The molecule has 0 saturated carbocycles. The molecule has 3 aromatic carbocycles. The summed E-state index contributed by atoms with van der Waals surface area (Å²) in [5.74, 6) is 0.323. The van der Waals surface area contributed by atoms with Crippen LogP contribution in [0.25, 0.3) is 5.69 Å². The Morgan fingerprint density at radius 2 is 1.04 bits per heavy atom.